The number of hydrogen-bond acceptors (Lipinski definition) is 8. The van der Waals surface area contributed by atoms with Gasteiger partial charge in [0.15, 0.2) is 0 Å². The predicted molar refractivity (Wildman–Crippen MR) is 222 cm³/mol. The molecule has 4 aromatic carbocycles. The highest BCUT2D eigenvalue weighted by atomic mass is 16.6. The van der Waals surface area contributed by atoms with Crippen LogP contribution in [0.3, 0.4) is 0 Å². The molecule has 4 aromatic rings. The fraction of sp³-hybridized carbons (Fsp3) is 0.469. The zero-order chi connectivity index (χ0) is 40.5. The smallest absolute Gasteiger partial charge is 0.343 e. The molecule has 4 unspecified atom stereocenters. The Labute approximate surface area is 338 Å². The highest BCUT2D eigenvalue weighted by molar-refractivity contribution is 5.92. The zero-order valence-electron chi connectivity index (χ0n) is 34.8. The average Bonchev–Trinajstić information content (AvgIpc) is 4.00. The maximum atomic E-state index is 13.2. The van der Waals surface area contributed by atoms with Crippen molar-refractivity contribution in [2.75, 3.05) is 13.2 Å². The lowest BCUT2D eigenvalue weighted by atomic mass is 9.82. The molecule has 0 saturated carbocycles. The molecule has 2 heterocycles. The molecular weight excluding hydrogens is 717 g/mol. The lowest BCUT2D eigenvalue weighted by Crippen LogP contribution is -2.16. The SMILES string of the molecule is CC(CCOc1ccc(C(=O)Oc2ccc3c(c2)C(C)(C)c2cc(OC(=O)c4ccc(OCCC(C)CCC5OC5(C)C)cc4)ccc2-3)cc1)CCC1OC1(C)C. The summed E-state index contributed by atoms with van der Waals surface area (Å²) in [6.07, 6.45) is 7.09. The van der Waals surface area contributed by atoms with Gasteiger partial charge in [-0.3, -0.25) is 0 Å². The number of ether oxygens (including phenoxy) is 6. The van der Waals surface area contributed by atoms with Gasteiger partial charge < -0.3 is 28.4 Å². The van der Waals surface area contributed by atoms with Crippen molar-refractivity contribution in [3.8, 4) is 34.1 Å². The Bertz CT molecular complexity index is 1920. The Morgan fingerprint density at radius 2 is 0.895 bits per heavy atom. The first-order valence-corrected chi connectivity index (χ1v) is 20.6. The number of esters is 2. The number of fused-ring (bicyclic) bond motifs is 3. The van der Waals surface area contributed by atoms with Gasteiger partial charge in [0, 0.05) is 5.41 Å². The number of benzene rings is 4. The van der Waals surface area contributed by atoms with Crippen LogP contribution in [0.5, 0.6) is 23.0 Å². The van der Waals surface area contributed by atoms with Crippen LogP contribution < -0.4 is 18.9 Å². The van der Waals surface area contributed by atoms with E-state index < -0.39 is 17.4 Å². The van der Waals surface area contributed by atoms with E-state index in [-0.39, 0.29) is 11.2 Å². The van der Waals surface area contributed by atoms with E-state index >= 15 is 0 Å². The Morgan fingerprint density at radius 3 is 1.25 bits per heavy atom. The Morgan fingerprint density at radius 1 is 0.544 bits per heavy atom. The molecule has 2 saturated heterocycles. The molecule has 8 heteroatoms. The van der Waals surface area contributed by atoms with Gasteiger partial charge in [-0.1, -0.05) is 39.8 Å². The fourth-order valence-corrected chi connectivity index (χ4v) is 7.92. The van der Waals surface area contributed by atoms with Gasteiger partial charge in [0.2, 0.25) is 0 Å². The third-order valence-electron chi connectivity index (χ3n) is 12.2. The normalized spacial score (nSPS) is 20.1. The summed E-state index contributed by atoms with van der Waals surface area (Å²) in [5, 5.41) is 0. The Balaban J connectivity index is 0.884. The van der Waals surface area contributed by atoms with E-state index in [1.165, 1.54) is 0 Å². The van der Waals surface area contributed by atoms with Crippen molar-refractivity contribution in [1.29, 1.82) is 0 Å². The van der Waals surface area contributed by atoms with Crippen LogP contribution in [0.25, 0.3) is 11.1 Å². The first kappa shape index (κ1) is 40.5. The molecule has 0 radical (unpaired) electrons. The van der Waals surface area contributed by atoms with Crippen molar-refractivity contribution >= 4 is 11.9 Å². The van der Waals surface area contributed by atoms with Gasteiger partial charge in [0.05, 0.1) is 47.8 Å². The molecule has 1 aliphatic carbocycles. The van der Waals surface area contributed by atoms with Crippen molar-refractivity contribution in [3.05, 3.63) is 107 Å². The molecule has 0 amide bonds. The summed E-state index contributed by atoms with van der Waals surface area (Å²) in [7, 11) is 0. The first-order valence-electron chi connectivity index (χ1n) is 20.6. The second-order valence-corrected chi connectivity index (χ2v) is 17.9. The van der Waals surface area contributed by atoms with Crippen molar-refractivity contribution in [2.24, 2.45) is 11.8 Å². The van der Waals surface area contributed by atoms with Crippen LogP contribution in [0.15, 0.2) is 84.9 Å². The molecule has 0 spiro atoms. The van der Waals surface area contributed by atoms with E-state index in [0.29, 0.717) is 59.9 Å². The van der Waals surface area contributed by atoms with Crippen LogP contribution >= 0.6 is 0 Å². The summed E-state index contributed by atoms with van der Waals surface area (Å²) in [5.74, 6) is 2.62. The minimum Gasteiger partial charge on any atom is -0.494 e. The molecular formula is C49H58O8. The molecule has 3 aliphatic rings. The number of epoxide rings is 2. The topological polar surface area (TPSA) is 96.1 Å². The maximum Gasteiger partial charge on any atom is 0.343 e. The lowest BCUT2D eigenvalue weighted by Gasteiger charge is -2.22. The molecule has 0 bridgehead atoms. The van der Waals surface area contributed by atoms with Gasteiger partial charge >= 0.3 is 11.9 Å². The van der Waals surface area contributed by atoms with Crippen LogP contribution in [0.1, 0.15) is 126 Å². The van der Waals surface area contributed by atoms with Crippen LogP contribution in [0.4, 0.5) is 0 Å². The fourth-order valence-electron chi connectivity index (χ4n) is 7.92. The van der Waals surface area contributed by atoms with Crippen molar-refractivity contribution in [2.45, 2.75) is 123 Å². The lowest BCUT2D eigenvalue weighted by molar-refractivity contribution is 0.0725. The van der Waals surface area contributed by atoms with E-state index in [9.17, 15) is 9.59 Å². The quantitative estimate of drug-likeness (QED) is 0.0560. The molecule has 7 rings (SSSR count). The van der Waals surface area contributed by atoms with Crippen LogP contribution in [0, 0.1) is 11.8 Å². The average molecular weight is 775 g/mol. The minimum absolute atomic E-state index is 0.0431. The second kappa shape index (κ2) is 16.3. The summed E-state index contributed by atoms with van der Waals surface area (Å²) in [6, 6.07) is 25.7. The van der Waals surface area contributed by atoms with E-state index in [1.54, 1.807) is 24.3 Å². The van der Waals surface area contributed by atoms with Gasteiger partial charge in [-0.15, -0.1) is 0 Å². The van der Waals surface area contributed by atoms with Gasteiger partial charge in [0.1, 0.15) is 23.0 Å². The van der Waals surface area contributed by atoms with Crippen LogP contribution in [-0.2, 0) is 14.9 Å². The minimum atomic E-state index is -0.434. The van der Waals surface area contributed by atoms with Crippen molar-refractivity contribution in [1.82, 2.24) is 0 Å². The number of rotatable bonds is 18. The van der Waals surface area contributed by atoms with Gasteiger partial charge in [-0.25, -0.2) is 9.59 Å². The summed E-state index contributed by atoms with van der Waals surface area (Å²) < 4.78 is 35.0. The largest absolute Gasteiger partial charge is 0.494 e. The predicted octanol–water partition coefficient (Wildman–Crippen LogP) is 11.2. The monoisotopic (exact) mass is 774 g/mol. The molecule has 0 N–H and O–H groups in total. The molecule has 8 nitrogen and oxygen atoms in total. The Hall–Kier alpha value is -4.66. The highest BCUT2D eigenvalue weighted by Gasteiger charge is 2.47. The van der Waals surface area contributed by atoms with Crippen LogP contribution in [-0.4, -0.2) is 48.6 Å². The highest BCUT2D eigenvalue weighted by Crippen LogP contribution is 2.50. The first-order chi connectivity index (χ1) is 27.1. The van der Waals surface area contributed by atoms with E-state index in [1.807, 2.05) is 60.7 Å². The summed E-state index contributed by atoms with van der Waals surface area (Å²) in [4.78, 5) is 26.3. The number of carbonyl (C=O) groups is 2. The maximum absolute atomic E-state index is 13.2. The summed E-state index contributed by atoms with van der Waals surface area (Å²) in [5.41, 5.74) is 4.73. The summed E-state index contributed by atoms with van der Waals surface area (Å²) >= 11 is 0. The molecule has 57 heavy (non-hydrogen) atoms. The van der Waals surface area contributed by atoms with Gasteiger partial charge in [-0.2, -0.15) is 0 Å². The van der Waals surface area contributed by atoms with Crippen molar-refractivity contribution in [3.63, 3.8) is 0 Å². The number of hydrogen-bond donors (Lipinski definition) is 0. The molecule has 2 aliphatic heterocycles. The van der Waals surface area contributed by atoms with Crippen LogP contribution in [0.2, 0.25) is 0 Å². The van der Waals surface area contributed by atoms with E-state index in [2.05, 4.69) is 55.4 Å². The Kier molecular flexibility index (Phi) is 11.6. The van der Waals surface area contributed by atoms with Gasteiger partial charge in [0.25, 0.3) is 0 Å². The van der Waals surface area contributed by atoms with E-state index in [4.69, 9.17) is 28.4 Å². The van der Waals surface area contributed by atoms with Crippen molar-refractivity contribution < 1.29 is 38.0 Å². The molecule has 4 atom stereocenters. The third kappa shape index (κ3) is 9.73. The standard InChI is InChI=1S/C49H58O8/c1-31(9-23-43-48(5,6)56-43)25-27-52-35-15-11-33(12-16-35)45(50)54-37-19-21-39-40-22-20-38(30-42(40)47(3,4)41(39)29-37)55-46(51)34-13-17-36(18-14-34)53-28-26-32(2)10-24-44-49(7,8)57-44/h11-22,29-32,43-44H,9-10,23-28H2,1-8H3. The number of carbonyl (C=O) groups excluding carboxylic acids is 2. The molecule has 302 valence electrons. The van der Waals surface area contributed by atoms with Gasteiger partial charge in [-0.05, 0) is 173 Å². The molecule has 0 aromatic heterocycles. The summed E-state index contributed by atoms with van der Waals surface area (Å²) in [6.45, 7) is 18.6. The third-order valence-corrected chi connectivity index (χ3v) is 12.2. The second-order valence-electron chi connectivity index (χ2n) is 17.9. The zero-order valence-corrected chi connectivity index (χ0v) is 34.8. The molecule has 2 fully saturated rings. The van der Waals surface area contributed by atoms with E-state index in [0.717, 1.165) is 72.3 Å².